The summed E-state index contributed by atoms with van der Waals surface area (Å²) >= 11 is 0. The smallest absolute Gasteiger partial charge is 0.278 e. The Morgan fingerprint density at radius 2 is 1.76 bits per heavy atom. The van der Waals surface area contributed by atoms with Crippen LogP contribution in [0, 0.1) is 0 Å². The van der Waals surface area contributed by atoms with Crippen LogP contribution in [0.2, 0.25) is 0 Å². The first-order chi connectivity index (χ1) is 16.0. The molecule has 0 saturated heterocycles. The number of anilines is 2. The SMILES string of the molecule is CCOc1ccccc1NC1=C(c2ccc(NC(C)=O)cc2)C(=O)N(Cc2ccco2)C1=O. The summed E-state index contributed by atoms with van der Waals surface area (Å²) in [6.45, 7) is 3.75. The Morgan fingerprint density at radius 3 is 2.42 bits per heavy atom. The number of nitrogens with one attached hydrogen (secondary N) is 2. The number of amides is 3. The molecule has 0 atom stereocenters. The molecule has 2 aromatic carbocycles. The number of carbonyl (C=O) groups excluding carboxylic acids is 3. The van der Waals surface area contributed by atoms with Gasteiger partial charge in [-0.05, 0) is 48.9 Å². The van der Waals surface area contributed by atoms with E-state index in [2.05, 4.69) is 10.6 Å². The first-order valence-electron chi connectivity index (χ1n) is 10.5. The lowest BCUT2D eigenvalue weighted by Crippen LogP contribution is -2.31. The average Bonchev–Trinajstić information content (AvgIpc) is 3.39. The molecule has 1 aromatic heterocycles. The first kappa shape index (κ1) is 21.9. The number of furan rings is 1. The molecule has 3 amide bonds. The van der Waals surface area contributed by atoms with Gasteiger partial charge >= 0.3 is 0 Å². The van der Waals surface area contributed by atoms with Crippen LogP contribution >= 0.6 is 0 Å². The lowest BCUT2D eigenvalue weighted by molar-refractivity contribution is -0.137. The van der Waals surface area contributed by atoms with Gasteiger partial charge < -0.3 is 19.8 Å². The minimum Gasteiger partial charge on any atom is -0.492 e. The second kappa shape index (κ2) is 9.44. The highest BCUT2D eigenvalue weighted by Crippen LogP contribution is 2.34. The Balaban J connectivity index is 1.74. The molecule has 0 radical (unpaired) electrons. The highest BCUT2D eigenvalue weighted by atomic mass is 16.5. The molecule has 0 unspecified atom stereocenters. The van der Waals surface area contributed by atoms with E-state index >= 15 is 0 Å². The Labute approximate surface area is 190 Å². The lowest BCUT2D eigenvalue weighted by atomic mass is 10.0. The lowest BCUT2D eigenvalue weighted by Gasteiger charge is -2.15. The van der Waals surface area contributed by atoms with Crippen molar-refractivity contribution in [3.8, 4) is 5.75 Å². The molecular formula is C25H23N3O5. The normalized spacial score (nSPS) is 13.5. The van der Waals surface area contributed by atoms with Crippen molar-refractivity contribution in [1.82, 2.24) is 4.90 Å². The van der Waals surface area contributed by atoms with E-state index in [-0.39, 0.29) is 23.7 Å². The molecule has 168 valence electrons. The number of nitrogens with zero attached hydrogens (tertiary/aromatic N) is 1. The molecule has 1 aliphatic heterocycles. The summed E-state index contributed by atoms with van der Waals surface area (Å²) in [5, 5.41) is 5.81. The quantitative estimate of drug-likeness (QED) is 0.508. The number of rotatable bonds is 8. The van der Waals surface area contributed by atoms with E-state index in [9.17, 15) is 14.4 Å². The number of benzene rings is 2. The van der Waals surface area contributed by atoms with E-state index in [0.29, 0.717) is 35.1 Å². The molecule has 33 heavy (non-hydrogen) atoms. The predicted octanol–water partition coefficient (Wildman–Crippen LogP) is 4.03. The van der Waals surface area contributed by atoms with Gasteiger partial charge in [-0.1, -0.05) is 24.3 Å². The van der Waals surface area contributed by atoms with Crippen molar-refractivity contribution in [1.29, 1.82) is 0 Å². The minimum absolute atomic E-state index is 0.0103. The van der Waals surface area contributed by atoms with Crippen molar-refractivity contribution in [2.45, 2.75) is 20.4 Å². The molecule has 2 heterocycles. The monoisotopic (exact) mass is 445 g/mol. The summed E-state index contributed by atoms with van der Waals surface area (Å²) in [6.07, 6.45) is 1.49. The largest absolute Gasteiger partial charge is 0.492 e. The number of imide groups is 1. The summed E-state index contributed by atoms with van der Waals surface area (Å²) < 4.78 is 11.0. The third kappa shape index (κ3) is 4.64. The maximum atomic E-state index is 13.4. The van der Waals surface area contributed by atoms with Gasteiger partial charge in [-0.25, -0.2) is 0 Å². The summed E-state index contributed by atoms with van der Waals surface area (Å²) in [5.41, 5.74) is 2.08. The molecule has 0 bridgehead atoms. The minimum atomic E-state index is -0.469. The van der Waals surface area contributed by atoms with Crippen molar-refractivity contribution in [3.05, 3.63) is 83.9 Å². The molecule has 1 aliphatic rings. The predicted molar refractivity (Wildman–Crippen MR) is 123 cm³/mol. The Kier molecular flexibility index (Phi) is 6.26. The molecule has 0 saturated carbocycles. The highest BCUT2D eigenvalue weighted by molar-refractivity contribution is 6.36. The van der Waals surface area contributed by atoms with Gasteiger partial charge in [0.2, 0.25) is 5.91 Å². The molecular weight excluding hydrogens is 422 g/mol. The van der Waals surface area contributed by atoms with Crippen molar-refractivity contribution in [2.75, 3.05) is 17.2 Å². The molecule has 0 aliphatic carbocycles. The summed E-state index contributed by atoms with van der Waals surface area (Å²) in [6, 6.07) is 17.4. The van der Waals surface area contributed by atoms with Crippen LogP contribution in [0.15, 0.2) is 77.0 Å². The number of hydrogen-bond acceptors (Lipinski definition) is 6. The zero-order valence-corrected chi connectivity index (χ0v) is 18.3. The third-order valence-electron chi connectivity index (χ3n) is 5.00. The van der Waals surface area contributed by atoms with Crippen LogP contribution in [0.3, 0.4) is 0 Å². The molecule has 3 aromatic rings. The fourth-order valence-corrected chi connectivity index (χ4v) is 3.57. The van der Waals surface area contributed by atoms with E-state index in [4.69, 9.17) is 9.15 Å². The topological polar surface area (TPSA) is 101 Å². The third-order valence-corrected chi connectivity index (χ3v) is 5.00. The van der Waals surface area contributed by atoms with Crippen LogP contribution in [0.4, 0.5) is 11.4 Å². The van der Waals surface area contributed by atoms with Crippen LogP contribution in [0.1, 0.15) is 25.2 Å². The van der Waals surface area contributed by atoms with E-state index < -0.39 is 11.8 Å². The highest BCUT2D eigenvalue weighted by Gasteiger charge is 2.39. The van der Waals surface area contributed by atoms with Crippen LogP contribution in [0.5, 0.6) is 5.75 Å². The standard InChI is InChI=1S/C25H23N3O5/c1-3-32-21-9-5-4-8-20(21)27-23-22(17-10-12-18(13-11-17)26-16(2)29)24(30)28(25(23)31)15-19-7-6-14-33-19/h4-14,27H,3,15H2,1-2H3,(H,26,29). The van der Waals surface area contributed by atoms with Crippen molar-refractivity contribution >= 4 is 34.7 Å². The maximum Gasteiger partial charge on any atom is 0.278 e. The average molecular weight is 445 g/mol. The van der Waals surface area contributed by atoms with Gasteiger partial charge in [0.15, 0.2) is 0 Å². The Hall–Kier alpha value is -4.33. The fourth-order valence-electron chi connectivity index (χ4n) is 3.57. The first-order valence-corrected chi connectivity index (χ1v) is 10.5. The van der Waals surface area contributed by atoms with E-state index in [1.165, 1.54) is 13.2 Å². The van der Waals surface area contributed by atoms with E-state index in [1.54, 1.807) is 48.5 Å². The number of carbonyl (C=O) groups is 3. The summed E-state index contributed by atoms with van der Waals surface area (Å²) in [4.78, 5) is 39.2. The van der Waals surface area contributed by atoms with Gasteiger partial charge in [0.05, 0.1) is 30.7 Å². The van der Waals surface area contributed by atoms with Gasteiger partial charge in [-0.15, -0.1) is 0 Å². The zero-order chi connectivity index (χ0) is 23.4. The Bertz CT molecular complexity index is 1210. The van der Waals surface area contributed by atoms with Crippen LogP contribution < -0.4 is 15.4 Å². The van der Waals surface area contributed by atoms with Gasteiger partial charge in [-0.2, -0.15) is 0 Å². The molecule has 0 fully saturated rings. The van der Waals surface area contributed by atoms with Gasteiger partial charge in [0, 0.05) is 12.6 Å². The van der Waals surface area contributed by atoms with Gasteiger partial charge in [0.1, 0.15) is 17.2 Å². The number of ether oxygens (including phenoxy) is 1. The second-order valence-corrected chi connectivity index (χ2v) is 7.34. The zero-order valence-electron chi connectivity index (χ0n) is 18.3. The molecule has 2 N–H and O–H groups in total. The molecule has 8 heteroatoms. The van der Waals surface area contributed by atoms with Crippen molar-refractivity contribution in [2.24, 2.45) is 0 Å². The van der Waals surface area contributed by atoms with Crippen molar-refractivity contribution < 1.29 is 23.5 Å². The second-order valence-electron chi connectivity index (χ2n) is 7.34. The molecule has 0 spiro atoms. The number of hydrogen-bond donors (Lipinski definition) is 2. The Morgan fingerprint density at radius 1 is 1.00 bits per heavy atom. The van der Waals surface area contributed by atoms with E-state index in [1.807, 2.05) is 19.1 Å². The van der Waals surface area contributed by atoms with Gasteiger partial charge in [0.25, 0.3) is 11.8 Å². The van der Waals surface area contributed by atoms with E-state index in [0.717, 1.165) is 4.90 Å². The van der Waals surface area contributed by atoms with Crippen LogP contribution in [-0.2, 0) is 20.9 Å². The maximum absolute atomic E-state index is 13.4. The van der Waals surface area contributed by atoms with Gasteiger partial charge in [-0.3, -0.25) is 19.3 Å². The summed E-state index contributed by atoms with van der Waals surface area (Å²) in [7, 11) is 0. The van der Waals surface area contributed by atoms with Crippen LogP contribution in [-0.4, -0.2) is 29.2 Å². The number of para-hydroxylation sites is 2. The fraction of sp³-hybridized carbons (Fsp3) is 0.160. The van der Waals surface area contributed by atoms with Crippen LogP contribution in [0.25, 0.3) is 5.57 Å². The summed E-state index contributed by atoms with van der Waals surface area (Å²) in [5.74, 6) is -0.0529. The van der Waals surface area contributed by atoms with Crippen molar-refractivity contribution in [3.63, 3.8) is 0 Å². The molecule has 4 rings (SSSR count). The molecule has 8 nitrogen and oxygen atoms in total.